The number of amides is 1. The Morgan fingerprint density at radius 1 is 1.13 bits per heavy atom. The van der Waals surface area contributed by atoms with E-state index >= 15 is 0 Å². The van der Waals surface area contributed by atoms with E-state index in [1.54, 1.807) is 42.1 Å². The molecule has 4 rings (SSSR count). The molecule has 0 spiro atoms. The molecule has 10 heteroatoms. The lowest BCUT2D eigenvalue weighted by Crippen LogP contribution is -2.62. The molecular weight excluding hydrogens is 410 g/mol. The van der Waals surface area contributed by atoms with Crippen LogP contribution in [0.5, 0.6) is 11.5 Å². The number of aromatic nitrogens is 1. The van der Waals surface area contributed by atoms with Crippen molar-refractivity contribution in [2.45, 2.75) is 48.3 Å². The Bertz CT molecular complexity index is 1000. The lowest BCUT2D eigenvalue weighted by atomic mass is 9.85. The van der Waals surface area contributed by atoms with E-state index in [0.29, 0.717) is 11.5 Å². The highest BCUT2D eigenvalue weighted by atomic mass is 32.2. The molecule has 9 nitrogen and oxygen atoms in total. The van der Waals surface area contributed by atoms with Gasteiger partial charge in [-0.05, 0) is 49.2 Å². The van der Waals surface area contributed by atoms with Gasteiger partial charge >= 0.3 is 0 Å². The van der Waals surface area contributed by atoms with E-state index in [0.717, 1.165) is 17.1 Å². The summed E-state index contributed by atoms with van der Waals surface area (Å²) >= 11 is 0. The summed E-state index contributed by atoms with van der Waals surface area (Å²) in [5, 5.41) is 9.32. The van der Waals surface area contributed by atoms with Crippen molar-refractivity contribution in [3.8, 4) is 11.5 Å². The van der Waals surface area contributed by atoms with Gasteiger partial charge in [0.15, 0.2) is 0 Å². The van der Waals surface area contributed by atoms with Crippen LogP contribution in [0.1, 0.15) is 25.7 Å². The van der Waals surface area contributed by atoms with Crippen LogP contribution in [0, 0.1) is 0 Å². The van der Waals surface area contributed by atoms with Crippen molar-refractivity contribution in [3.05, 3.63) is 48.8 Å². The minimum atomic E-state index is -4.02. The van der Waals surface area contributed by atoms with Gasteiger partial charge in [0, 0.05) is 32.3 Å². The molecule has 2 saturated heterocycles. The summed E-state index contributed by atoms with van der Waals surface area (Å²) in [6, 6.07) is 9.34. The van der Waals surface area contributed by atoms with E-state index in [-0.39, 0.29) is 29.9 Å². The van der Waals surface area contributed by atoms with Crippen molar-refractivity contribution < 1.29 is 27.9 Å². The lowest BCUT2D eigenvalue weighted by Gasteiger charge is -2.43. The number of pyridine rings is 1. The summed E-state index contributed by atoms with van der Waals surface area (Å²) in [7, 11) is -2.65. The summed E-state index contributed by atoms with van der Waals surface area (Å²) in [5.74, 6) is 0.301. The number of nitrogens with one attached hydrogen (secondary N) is 1. The Labute approximate surface area is 174 Å². The molecule has 2 N–H and O–H groups in total. The largest absolute Gasteiger partial charge is 0.457 e. The molecule has 2 aromatic rings. The number of carbonyl (C=O) groups is 1. The first-order chi connectivity index (χ1) is 14.3. The Kier molecular flexibility index (Phi) is 5.49. The first-order valence-corrected chi connectivity index (χ1v) is 11.1. The highest BCUT2D eigenvalue weighted by Crippen LogP contribution is 2.43. The molecule has 2 bridgehead atoms. The van der Waals surface area contributed by atoms with Gasteiger partial charge in [-0.15, -0.1) is 0 Å². The third-order valence-electron chi connectivity index (χ3n) is 5.82. The van der Waals surface area contributed by atoms with E-state index < -0.39 is 21.5 Å². The van der Waals surface area contributed by atoms with Crippen LogP contribution in [-0.2, 0) is 19.6 Å². The molecule has 2 aliphatic heterocycles. The fourth-order valence-corrected chi connectivity index (χ4v) is 5.71. The summed E-state index contributed by atoms with van der Waals surface area (Å²) in [4.78, 5) is 16.6. The van der Waals surface area contributed by atoms with Crippen LogP contribution < -0.4 is 10.2 Å². The minimum absolute atomic E-state index is 0.0241. The Morgan fingerprint density at radius 3 is 2.27 bits per heavy atom. The molecule has 1 amide bonds. The van der Waals surface area contributed by atoms with Gasteiger partial charge in [-0.3, -0.25) is 15.0 Å². The number of hydroxylamine groups is 1. The Morgan fingerprint density at radius 2 is 1.70 bits per heavy atom. The van der Waals surface area contributed by atoms with Gasteiger partial charge in [0.2, 0.25) is 10.0 Å². The third kappa shape index (κ3) is 3.67. The molecule has 0 aliphatic carbocycles. The number of hydrogen-bond acceptors (Lipinski definition) is 7. The molecule has 2 fully saturated rings. The topological polar surface area (TPSA) is 118 Å². The van der Waals surface area contributed by atoms with E-state index in [4.69, 9.17) is 9.47 Å². The summed E-state index contributed by atoms with van der Waals surface area (Å²) in [5.41, 5.74) is 0.247. The van der Waals surface area contributed by atoms with Gasteiger partial charge in [0.25, 0.3) is 5.91 Å². The fraction of sp³-hybridized carbons (Fsp3) is 0.400. The second kappa shape index (κ2) is 7.95. The average Bonchev–Trinajstić information content (AvgIpc) is 3.11. The quantitative estimate of drug-likeness (QED) is 0.529. The summed E-state index contributed by atoms with van der Waals surface area (Å²) < 4.78 is 39.2. The number of rotatable bonds is 6. The number of sulfonamides is 1. The maximum atomic E-state index is 13.3. The highest BCUT2D eigenvalue weighted by molar-refractivity contribution is 7.89. The van der Waals surface area contributed by atoms with Crippen LogP contribution in [0.3, 0.4) is 0 Å². The molecule has 1 aromatic carbocycles. The summed E-state index contributed by atoms with van der Waals surface area (Å²) in [6.45, 7) is 0. The van der Waals surface area contributed by atoms with Crippen molar-refractivity contribution in [2.24, 2.45) is 0 Å². The zero-order chi connectivity index (χ0) is 21.4. The maximum Gasteiger partial charge on any atom is 0.265 e. The van der Waals surface area contributed by atoms with Gasteiger partial charge in [-0.25, -0.2) is 13.9 Å². The normalized spacial score (nSPS) is 25.8. The summed E-state index contributed by atoms with van der Waals surface area (Å²) in [6.07, 6.45) is 4.67. The van der Waals surface area contributed by atoms with E-state index in [1.807, 2.05) is 0 Å². The minimum Gasteiger partial charge on any atom is -0.457 e. The predicted octanol–water partition coefficient (Wildman–Crippen LogP) is 2.08. The van der Waals surface area contributed by atoms with Crippen LogP contribution in [0.2, 0.25) is 0 Å². The number of benzene rings is 1. The first-order valence-electron chi connectivity index (χ1n) is 9.62. The number of nitrogens with zero attached hydrogens (tertiary/aromatic N) is 2. The molecule has 0 radical (unpaired) electrons. The van der Waals surface area contributed by atoms with Crippen molar-refractivity contribution >= 4 is 15.9 Å². The number of hydrogen-bond donors (Lipinski definition) is 2. The molecular formula is C20H23N3O6S. The zero-order valence-corrected chi connectivity index (χ0v) is 17.2. The second-order valence-electron chi connectivity index (χ2n) is 7.57. The van der Waals surface area contributed by atoms with Crippen molar-refractivity contribution in [1.82, 2.24) is 14.8 Å². The number of likely N-dealkylation sites (N-methyl/N-ethyl adjacent to an activating group) is 1. The van der Waals surface area contributed by atoms with E-state index in [1.165, 1.54) is 19.2 Å². The van der Waals surface area contributed by atoms with Crippen LogP contribution in [0.25, 0.3) is 0 Å². The van der Waals surface area contributed by atoms with Crippen LogP contribution in [0.4, 0.5) is 0 Å². The fourth-order valence-electron chi connectivity index (χ4n) is 4.22. The Balaban J connectivity index is 1.60. The van der Waals surface area contributed by atoms with Crippen LogP contribution in [-0.4, -0.2) is 53.6 Å². The second-order valence-corrected chi connectivity index (χ2v) is 9.54. The molecule has 160 valence electrons. The number of fused-ring (bicyclic) bond motifs is 2. The van der Waals surface area contributed by atoms with Crippen molar-refractivity contribution in [1.29, 1.82) is 0 Å². The van der Waals surface area contributed by atoms with Crippen molar-refractivity contribution in [3.63, 3.8) is 0 Å². The molecule has 3 heterocycles. The van der Waals surface area contributed by atoms with Gasteiger partial charge in [0.1, 0.15) is 17.0 Å². The Hall–Kier alpha value is -2.53. The van der Waals surface area contributed by atoms with Gasteiger partial charge in [-0.1, -0.05) is 0 Å². The maximum absolute atomic E-state index is 13.3. The smallest absolute Gasteiger partial charge is 0.265 e. The lowest BCUT2D eigenvalue weighted by molar-refractivity contribution is -0.149. The standard InChI is InChI=1S/C20H23N3O6S/c1-23(20(19(24)22-25)12-16-2-3-17(13-20)29-16)30(26,27)18-6-4-14(5-7-18)28-15-8-10-21-11-9-15/h4-11,16-17,25H,2-3,12-13H2,1H3,(H,22,24)/t16-,17+,20?. The average molecular weight is 433 g/mol. The van der Waals surface area contributed by atoms with Crippen LogP contribution >= 0.6 is 0 Å². The molecule has 1 unspecified atom stereocenters. The molecule has 2 aliphatic rings. The molecule has 3 atom stereocenters. The third-order valence-corrected chi connectivity index (χ3v) is 7.76. The predicted molar refractivity (Wildman–Crippen MR) is 105 cm³/mol. The van der Waals surface area contributed by atoms with E-state index in [2.05, 4.69) is 4.98 Å². The van der Waals surface area contributed by atoms with Gasteiger partial charge in [-0.2, -0.15) is 4.31 Å². The van der Waals surface area contributed by atoms with Crippen molar-refractivity contribution in [2.75, 3.05) is 7.05 Å². The first kappa shape index (κ1) is 20.7. The molecule has 1 aromatic heterocycles. The van der Waals surface area contributed by atoms with Crippen LogP contribution in [0.15, 0.2) is 53.7 Å². The number of ether oxygens (including phenoxy) is 2. The van der Waals surface area contributed by atoms with E-state index in [9.17, 15) is 18.4 Å². The van der Waals surface area contributed by atoms with Gasteiger partial charge in [0.05, 0.1) is 17.1 Å². The number of carbonyl (C=O) groups excluding carboxylic acids is 1. The molecule has 30 heavy (non-hydrogen) atoms. The molecule has 0 saturated carbocycles. The monoisotopic (exact) mass is 433 g/mol. The SMILES string of the molecule is CN(C1(C(=O)NO)C[C@H]2CC[C@@H](C1)O2)S(=O)(=O)c1ccc(Oc2ccncc2)cc1. The highest BCUT2D eigenvalue weighted by Gasteiger charge is 2.55. The zero-order valence-electron chi connectivity index (χ0n) is 16.4. The van der Waals surface area contributed by atoms with Gasteiger partial charge < -0.3 is 9.47 Å².